The molecule has 0 aliphatic carbocycles. The molecular weight excluding hydrogens is 273 g/mol. The van der Waals surface area contributed by atoms with Gasteiger partial charge in [0.05, 0.1) is 0 Å². The van der Waals surface area contributed by atoms with Gasteiger partial charge >= 0.3 is 0 Å². The summed E-state index contributed by atoms with van der Waals surface area (Å²) in [5.74, 6) is 0.392. The van der Waals surface area contributed by atoms with E-state index in [0.29, 0.717) is 21.4 Å². The number of Topliss-reactive ketones (excluding diaryl/α,β-unsaturated/α-hetero) is 1. The first kappa shape index (κ1) is 13.0. The molecule has 0 saturated carbocycles. The number of hydrogen-bond acceptors (Lipinski definition) is 2. The summed E-state index contributed by atoms with van der Waals surface area (Å²) in [7, 11) is 1.86. The molecule has 18 heavy (non-hydrogen) atoms. The zero-order chi connectivity index (χ0) is 13.1. The molecule has 0 bridgehead atoms. The molecule has 0 spiro atoms. The van der Waals surface area contributed by atoms with Crippen LogP contribution in [-0.4, -0.2) is 17.0 Å². The molecule has 0 fully saturated rings. The van der Waals surface area contributed by atoms with Gasteiger partial charge in [0, 0.05) is 35.1 Å². The minimum Gasteiger partial charge on any atom is -0.485 e. The Morgan fingerprint density at radius 2 is 1.94 bits per heavy atom. The van der Waals surface area contributed by atoms with Crippen molar-refractivity contribution in [3.05, 3.63) is 52.3 Å². The lowest BCUT2D eigenvalue weighted by Gasteiger charge is -2.05. The minimum atomic E-state index is -0.0910. The van der Waals surface area contributed by atoms with E-state index >= 15 is 0 Å². The van der Waals surface area contributed by atoms with E-state index in [1.54, 1.807) is 30.5 Å². The second-order valence-electron chi connectivity index (χ2n) is 3.88. The maximum Gasteiger partial charge on any atom is 0.201 e. The molecule has 1 aromatic heterocycles. The van der Waals surface area contributed by atoms with Crippen molar-refractivity contribution >= 4 is 29.0 Å². The summed E-state index contributed by atoms with van der Waals surface area (Å²) in [6, 6.07) is 6.59. The molecule has 2 rings (SSSR count). The molecular formula is C13H11Cl2NO2. The number of nitrogens with zero attached hydrogens (tertiary/aromatic N) is 1. The van der Waals surface area contributed by atoms with Gasteiger partial charge in [-0.25, -0.2) is 0 Å². The van der Waals surface area contributed by atoms with Crippen molar-refractivity contribution in [2.24, 2.45) is 7.05 Å². The first-order valence-corrected chi connectivity index (χ1v) is 6.04. The van der Waals surface area contributed by atoms with Crippen LogP contribution in [0, 0.1) is 0 Å². The molecule has 3 nitrogen and oxygen atoms in total. The van der Waals surface area contributed by atoms with E-state index in [2.05, 4.69) is 0 Å². The van der Waals surface area contributed by atoms with Crippen LogP contribution in [0.3, 0.4) is 0 Å². The number of benzene rings is 1. The SMILES string of the molecule is Cn1ccc(C(=O)COc2cc(Cl)cc(Cl)c2)c1. The number of rotatable bonds is 4. The van der Waals surface area contributed by atoms with Crippen LogP contribution in [0.25, 0.3) is 0 Å². The molecule has 0 amide bonds. The quantitative estimate of drug-likeness (QED) is 0.803. The van der Waals surface area contributed by atoms with Crippen molar-refractivity contribution in [1.82, 2.24) is 4.57 Å². The highest BCUT2D eigenvalue weighted by Gasteiger charge is 2.08. The van der Waals surface area contributed by atoms with Crippen molar-refractivity contribution in [3.63, 3.8) is 0 Å². The van der Waals surface area contributed by atoms with E-state index < -0.39 is 0 Å². The third-order valence-electron chi connectivity index (χ3n) is 2.36. The Balaban J connectivity index is 2.01. The molecule has 0 saturated heterocycles. The Labute approximate surface area is 115 Å². The zero-order valence-corrected chi connectivity index (χ0v) is 11.2. The molecule has 2 aromatic rings. The maximum absolute atomic E-state index is 11.8. The van der Waals surface area contributed by atoms with Crippen LogP contribution >= 0.6 is 23.2 Å². The summed E-state index contributed by atoms with van der Waals surface area (Å²) < 4.78 is 7.17. The number of hydrogen-bond donors (Lipinski definition) is 0. The van der Waals surface area contributed by atoms with E-state index in [9.17, 15) is 4.79 Å². The second kappa shape index (κ2) is 5.46. The summed E-state index contributed by atoms with van der Waals surface area (Å²) in [6.45, 7) is -0.0410. The summed E-state index contributed by atoms with van der Waals surface area (Å²) in [5, 5.41) is 0.953. The molecule has 0 atom stereocenters. The average molecular weight is 284 g/mol. The molecule has 1 aromatic carbocycles. The topological polar surface area (TPSA) is 31.2 Å². The van der Waals surface area contributed by atoms with E-state index in [0.717, 1.165) is 0 Å². The van der Waals surface area contributed by atoms with Crippen LogP contribution in [-0.2, 0) is 7.05 Å². The van der Waals surface area contributed by atoms with Gasteiger partial charge in [-0.2, -0.15) is 0 Å². The molecule has 0 radical (unpaired) electrons. The van der Waals surface area contributed by atoms with Crippen LogP contribution in [0.15, 0.2) is 36.7 Å². The predicted octanol–water partition coefficient (Wildman–Crippen LogP) is 3.59. The van der Waals surface area contributed by atoms with Crippen molar-refractivity contribution in [2.45, 2.75) is 0 Å². The van der Waals surface area contributed by atoms with Gasteiger partial charge in [-0.05, 0) is 24.3 Å². The first-order valence-electron chi connectivity index (χ1n) is 5.28. The van der Waals surface area contributed by atoms with Gasteiger partial charge in [-0.3, -0.25) is 4.79 Å². The maximum atomic E-state index is 11.8. The summed E-state index contributed by atoms with van der Waals surface area (Å²) in [6.07, 6.45) is 3.56. The van der Waals surface area contributed by atoms with Crippen LogP contribution in [0.4, 0.5) is 0 Å². The van der Waals surface area contributed by atoms with Crippen molar-refractivity contribution in [2.75, 3.05) is 6.61 Å². The Morgan fingerprint density at radius 1 is 1.28 bits per heavy atom. The van der Waals surface area contributed by atoms with Gasteiger partial charge < -0.3 is 9.30 Å². The van der Waals surface area contributed by atoms with Gasteiger partial charge in [0.1, 0.15) is 5.75 Å². The second-order valence-corrected chi connectivity index (χ2v) is 4.76. The van der Waals surface area contributed by atoms with Crippen LogP contribution in [0.5, 0.6) is 5.75 Å². The third kappa shape index (κ3) is 3.28. The summed E-state index contributed by atoms with van der Waals surface area (Å²) in [4.78, 5) is 11.8. The number of aromatic nitrogens is 1. The van der Waals surface area contributed by atoms with Gasteiger partial charge in [0.2, 0.25) is 5.78 Å². The highest BCUT2D eigenvalue weighted by atomic mass is 35.5. The third-order valence-corrected chi connectivity index (χ3v) is 2.80. The Morgan fingerprint density at radius 3 is 2.50 bits per heavy atom. The molecule has 0 aliphatic rings. The fourth-order valence-corrected chi connectivity index (χ4v) is 2.02. The Kier molecular flexibility index (Phi) is 3.94. The largest absolute Gasteiger partial charge is 0.485 e. The van der Waals surface area contributed by atoms with Crippen LogP contribution < -0.4 is 4.74 Å². The van der Waals surface area contributed by atoms with Gasteiger partial charge in [0.25, 0.3) is 0 Å². The number of carbonyl (C=O) groups excluding carboxylic acids is 1. The van der Waals surface area contributed by atoms with Gasteiger partial charge in [-0.15, -0.1) is 0 Å². The van der Waals surface area contributed by atoms with Crippen LogP contribution in [0.2, 0.25) is 10.0 Å². The van der Waals surface area contributed by atoms with E-state index in [1.807, 2.05) is 17.8 Å². The van der Waals surface area contributed by atoms with E-state index in [4.69, 9.17) is 27.9 Å². The fraction of sp³-hybridized carbons (Fsp3) is 0.154. The number of ketones is 1. The monoisotopic (exact) mass is 283 g/mol. The number of carbonyl (C=O) groups is 1. The lowest BCUT2D eigenvalue weighted by atomic mass is 10.2. The molecule has 1 heterocycles. The molecule has 94 valence electrons. The molecule has 0 unspecified atom stereocenters. The average Bonchev–Trinajstić information content (AvgIpc) is 2.71. The van der Waals surface area contributed by atoms with Crippen molar-refractivity contribution in [3.8, 4) is 5.75 Å². The molecule has 0 N–H and O–H groups in total. The fourth-order valence-electron chi connectivity index (χ4n) is 1.51. The highest BCUT2D eigenvalue weighted by Crippen LogP contribution is 2.24. The lowest BCUT2D eigenvalue weighted by Crippen LogP contribution is -2.10. The van der Waals surface area contributed by atoms with Gasteiger partial charge in [-0.1, -0.05) is 23.2 Å². The number of ether oxygens (including phenoxy) is 1. The standard InChI is InChI=1S/C13H11Cl2NO2/c1-16-3-2-9(7-16)13(17)8-18-12-5-10(14)4-11(15)6-12/h2-7H,8H2,1H3. The van der Waals surface area contributed by atoms with E-state index in [-0.39, 0.29) is 12.4 Å². The normalized spacial score (nSPS) is 10.4. The van der Waals surface area contributed by atoms with Crippen LogP contribution in [0.1, 0.15) is 10.4 Å². The summed E-state index contributed by atoms with van der Waals surface area (Å²) >= 11 is 11.7. The first-order chi connectivity index (χ1) is 8.54. The summed E-state index contributed by atoms with van der Waals surface area (Å²) in [5.41, 5.74) is 0.616. The van der Waals surface area contributed by atoms with Crippen molar-refractivity contribution in [1.29, 1.82) is 0 Å². The number of halogens is 2. The lowest BCUT2D eigenvalue weighted by molar-refractivity contribution is 0.0921. The smallest absolute Gasteiger partial charge is 0.201 e. The minimum absolute atomic E-state index is 0.0410. The van der Waals surface area contributed by atoms with E-state index in [1.165, 1.54) is 0 Å². The van der Waals surface area contributed by atoms with Gasteiger partial charge in [0.15, 0.2) is 6.61 Å². The molecule has 5 heteroatoms. The predicted molar refractivity (Wildman–Crippen MR) is 71.7 cm³/mol. The highest BCUT2D eigenvalue weighted by molar-refractivity contribution is 6.34. The number of aryl methyl sites for hydroxylation is 1. The Bertz CT molecular complexity index is 558. The molecule has 0 aliphatic heterocycles. The zero-order valence-electron chi connectivity index (χ0n) is 9.69. The van der Waals surface area contributed by atoms with Crippen molar-refractivity contribution < 1.29 is 9.53 Å². The Hall–Kier alpha value is -1.45.